The predicted octanol–water partition coefficient (Wildman–Crippen LogP) is 5.09. The SMILES string of the molecule is Fc1c(CNC(=S)Nc2ccc(Br)cc2)cccc1C(F)(F)F. The van der Waals surface area contributed by atoms with Crippen molar-refractivity contribution in [2.24, 2.45) is 0 Å². The van der Waals surface area contributed by atoms with Gasteiger partial charge >= 0.3 is 6.18 Å². The average molecular weight is 407 g/mol. The summed E-state index contributed by atoms with van der Waals surface area (Å²) >= 11 is 8.33. The molecule has 2 aromatic rings. The van der Waals surface area contributed by atoms with Crippen LogP contribution in [0.25, 0.3) is 0 Å². The average Bonchev–Trinajstić information content (AvgIpc) is 2.47. The minimum atomic E-state index is -4.73. The molecule has 122 valence electrons. The van der Waals surface area contributed by atoms with Crippen LogP contribution < -0.4 is 10.6 Å². The van der Waals surface area contributed by atoms with E-state index >= 15 is 0 Å². The molecule has 0 aromatic heterocycles. The minimum Gasteiger partial charge on any atom is -0.358 e. The van der Waals surface area contributed by atoms with E-state index in [-0.39, 0.29) is 17.2 Å². The number of hydrogen-bond acceptors (Lipinski definition) is 1. The molecule has 0 aliphatic heterocycles. The van der Waals surface area contributed by atoms with E-state index in [1.54, 1.807) is 24.3 Å². The van der Waals surface area contributed by atoms with Gasteiger partial charge in [-0.15, -0.1) is 0 Å². The molecule has 0 saturated heterocycles. The van der Waals surface area contributed by atoms with Gasteiger partial charge in [0, 0.05) is 22.3 Å². The quantitative estimate of drug-likeness (QED) is 0.548. The van der Waals surface area contributed by atoms with Crippen LogP contribution in [0, 0.1) is 5.82 Å². The second-order valence-electron chi connectivity index (χ2n) is 4.59. The van der Waals surface area contributed by atoms with Crippen molar-refractivity contribution < 1.29 is 17.6 Å². The Morgan fingerprint density at radius 1 is 1.09 bits per heavy atom. The Morgan fingerprint density at radius 3 is 2.35 bits per heavy atom. The van der Waals surface area contributed by atoms with Gasteiger partial charge in [0.1, 0.15) is 5.82 Å². The van der Waals surface area contributed by atoms with Gasteiger partial charge in [-0.3, -0.25) is 0 Å². The highest BCUT2D eigenvalue weighted by Gasteiger charge is 2.34. The number of rotatable bonds is 3. The Morgan fingerprint density at radius 2 is 1.74 bits per heavy atom. The van der Waals surface area contributed by atoms with Gasteiger partial charge in [0.25, 0.3) is 0 Å². The predicted molar refractivity (Wildman–Crippen MR) is 88.6 cm³/mol. The zero-order chi connectivity index (χ0) is 17.0. The van der Waals surface area contributed by atoms with Gasteiger partial charge in [-0.1, -0.05) is 28.1 Å². The summed E-state index contributed by atoms with van der Waals surface area (Å²) in [6.07, 6.45) is -4.73. The summed E-state index contributed by atoms with van der Waals surface area (Å²) in [4.78, 5) is 0. The third-order valence-electron chi connectivity index (χ3n) is 2.93. The number of thiocarbonyl (C=S) groups is 1. The molecular formula is C15H11BrF4N2S. The molecule has 23 heavy (non-hydrogen) atoms. The molecule has 0 aliphatic rings. The largest absolute Gasteiger partial charge is 0.419 e. The highest BCUT2D eigenvalue weighted by atomic mass is 79.9. The number of anilines is 1. The highest BCUT2D eigenvalue weighted by molar-refractivity contribution is 9.10. The van der Waals surface area contributed by atoms with E-state index in [1.165, 1.54) is 6.07 Å². The molecule has 0 aliphatic carbocycles. The van der Waals surface area contributed by atoms with Crippen molar-refractivity contribution in [3.05, 3.63) is 63.9 Å². The Balaban J connectivity index is 2.01. The topological polar surface area (TPSA) is 24.1 Å². The summed E-state index contributed by atoms with van der Waals surface area (Å²) in [5.74, 6) is -1.29. The first-order valence-corrected chi connectivity index (χ1v) is 7.62. The smallest absolute Gasteiger partial charge is 0.358 e. The second-order valence-corrected chi connectivity index (χ2v) is 5.91. The third-order valence-corrected chi connectivity index (χ3v) is 3.70. The lowest BCUT2D eigenvalue weighted by Gasteiger charge is -2.13. The van der Waals surface area contributed by atoms with Crippen molar-refractivity contribution in [2.75, 3.05) is 5.32 Å². The summed E-state index contributed by atoms with van der Waals surface area (Å²) in [5.41, 5.74) is -0.696. The van der Waals surface area contributed by atoms with E-state index < -0.39 is 17.6 Å². The van der Waals surface area contributed by atoms with E-state index in [0.29, 0.717) is 11.8 Å². The Labute approximate surface area is 144 Å². The molecule has 2 aromatic carbocycles. The number of benzene rings is 2. The lowest BCUT2D eigenvalue weighted by atomic mass is 10.1. The molecule has 8 heteroatoms. The molecule has 0 fully saturated rings. The fraction of sp³-hybridized carbons (Fsp3) is 0.133. The number of nitrogens with one attached hydrogen (secondary N) is 2. The Hall–Kier alpha value is -1.67. The molecule has 0 spiro atoms. The van der Waals surface area contributed by atoms with Crippen molar-refractivity contribution in [3.8, 4) is 0 Å². The number of alkyl halides is 3. The molecule has 0 radical (unpaired) electrons. The van der Waals surface area contributed by atoms with Gasteiger partial charge in [-0.25, -0.2) is 4.39 Å². The van der Waals surface area contributed by atoms with Crippen LogP contribution >= 0.6 is 28.1 Å². The van der Waals surface area contributed by atoms with Crippen molar-refractivity contribution in [1.82, 2.24) is 5.32 Å². The van der Waals surface area contributed by atoms with Crippen LogP contribution in [0.3, 0.4) is 0 Å². The maximum atomic E-state index is 13.9. The highest BCUT2D eigenvalue weighted by Crippen LogP contribution is 2.32. The van der Waals surface area contributed by atoms with Gasteiger partial charge in [-0.05, 0) is 42.5 Å². The van der Waals surface area contributed by atoms with Crippen LogP contribution in [0.2, 0.25) is 0 Å². The fourth-order valence-corrected chi connectivity index (χ4v) is 2.27. The van der Waals surface area contributed by atoms with Crippen LogP contribution in [0.4, 0.5) is 23.2 Å². The monoisotopic (exact) mass is 406 g/mol. The lowest BCUT2D eigenvalue weighted by Crippen LogP contribution is -2.28. The van der Waals surface area contributed by atoms with Crippen molar-refractivity contribution in [2.45, 2.75) is 12.7 Å². The van der Waals surface area contributed by atoms with Crippen LogP contribution in [0.5, 0.6) is 0 Å². The van der Waals surface area contributed by atoms with E-state index in [9.17, 15) is 17.6 Å². The molecular weight excluding hydrogens is 396 g/mol. The van der Waals surface area contributed by atoms with Crippen LogP contribution in [-0.2, 0) is 12.7 Å². The van der Waals surface area contributed by atoms with Gasteiger partial charge < -0.3 is 10.6 Å². The summed E-state index contributed by atoms with van der Waals surface area (Å²) in [6.45, 7) is -0.155. The first-order chi connectivity index (χ1) is 10.8. The molecule has 0 atom stereocenters. The van der Waals surface area contributed by atoms with Crippen molar-refractivity contribution in [3.63, 3.8) is 0 Å². The first-order valence-electron chi connectivity index (χ1n) is 6.42. The van der Waals surface area contributed by atoms with Gasteiger partial charge in [0.15, 0.2) is 5.11 Å². The maximum absolute atomic E-state index is 13.9. The Kier molecular flexibility index (Phi) is 5.59. The molecule has 2 N–H and O–H groups in total. The maximum Gasteiger partial charge on any atom is 0.419 e. The fourth-order valence-electron chi connectivity index (χ4n) is 1.82. The van der Waals surface area contributed by atoms with Crippen molar-refractivity contribution in [1.29, 1.82) is 0 Å². The van der Waals surface area contributed by atoms with Gasteiger partial charge in [0.2, 0.25) is 0 Å². The van der Waals surface area contributed by atoms with Crippen LogP contribution in [-0.4, -0.2) is 5.11 Å². The summed E-state index contributed by atoms with van der Waals surface area (Å²) in [7, 11) is 0. The van der Waals surface area contributed by atoms with Crippen molar-refractivity contribution >= 4 is 38.9 Å². The second kappa shape index (κ2) is 7.27. The summed E-state index contributed by atoms with van der Waals surface area (Å²) in [6, 6.07) is 10.3. The molecule has 0 saturated carbocycles. The number of halogens is 5. The van der Waals surface area contributed by atoms with Gasteiger partial charge in [-0.2, -0.15) is 13.2 Å². The molecule has 0 heterocycles. The standard InChI is InChI=1S/C15H11BrF4N2S/c16-10-4-6-11(7-5-10)22-14(23)21-8-9-2-1-3-12(13(9)17)15(18,19)20/h1-7H,8H2,(H2,21,22,23). The van der Waals surface area contributed by atoms with E-state index in [0.717, 1.165) is 10.5 Å². The Bertz CT molecular complexity index is 702. The minimum absolute atomic E-state index is 0.111. The lowest BCUT2D eigenvalue weighted by molar-refractivity contribution is -0.140. The van der Waals surface area contributed by atoms with E-state index in [4.69, 9.17) is 12.2 Å². The normalized spacial score (nSPS) is 11.2. The van der Waals surface area contributed by atoms with Gasteiger partial charge in [0.05, 0.1) is 5.56 Å². The third kappa shape index (κ3) is 4.90. The molecule has 0 amide bonds. The zero-order valence-corrected chi connectivity index (χ0v) is 13.9. The van der Waals surface area contributed by atoms with Crippen LogP contribution in [0.1, 0.15) is 11.1 Å². The summed E-state index contributed by atoms with van der Waals surface area (Å²) < 4.78 is 52.7. The zero-order valence-electron chi connectivity index (χ0n) is 11.5. The summed E-state index contributed by atoms with van der Waals surface area (Å²) in [5, 5.41) is 5.73. The first kappa shape index (κ1) is 17.7. The van der Waals surface area contributed by atoms with E-state index in [1.807, 2.05) is 0 Å². The molecule has 2 nitrogen and oxygen atoms in total. The molecule has 0 unspecified atom stereocenters. The molecule has 0 bridgehead atoms. The number of hydrogen-bond donors (Lipinski definition) is 2. The molecule has 2 rings (SSSR count). The van der Waals surface area contributed by atoms with Crippen LogP contribution in [0.15, 0.2) is 46.9 Å². The van der Waals surface area contributed by atoms with E-state index in [2.05, 4.69) is 26.6 Å².